The Labute approximate surface area is 138 Å². The second kappa shape index (κ2) is 9.48. The molecule has 1 fully saturated rings. The van der Waals surface area contributed by atoms with Crippen molar-refractivity contribution in [2.24, 2.45) is 0 Å². The van der Waals surface area contributed by atoms with Crippen LogP contribution in [0.3, 0.4) is 0 Å². The number of carbonyl (C=O) groups is 1. The van der Waals surface area contributed by atoms with Gasteiger partial charge in [-0.1, -0.05) is 36.8 Å². The van der Waals surface area contributed by atoms with Gasteiger partial charge < -0.3 is 14.2 Å². The molecule has 1 aliphatic rings. The molecule has 0 aromatic heterocycles. The van der Waals surface area contributed by atoms with Gasteiger partial charge >= 0.3 is 5.97 Å². The third-order valence-corrected chi connectivity index (χ3v) is 3.97. The van der Waals surface area contributed by atoms with Crippen molar-refractivity contribution in [1.29, 1.82) is 0 Å². The number of esters is 1. The fourth-order valence-corrected chi connectivity index (χ4v) is 2.86. The molecule has 4 nitrogen and oxygen atoms in total. The third-order valence-electron chi connectivity index (χ3n) is 3.97. The highest BCUT2D eigenvalue weighted by atomic mass is 16.7. The van der Waals surface area contributed by atoms with Crippen molar-refractivity contribution in [1.82, 2.24) is 0 Å². The van der Waals surface area contributed by atoms with Crippen LogP contribution in [-0.4, -0.2) is 25.8 Å². The SMILES string of the molecule is C=CCCCCC(C(=O)OCC)c1ccccc1C1OCCO1. The van der Waals surface area contributed by atoms with Crippen molar-refractivity contribution >= 4 is 5.97 Å². The minimum atomic E-state index is -0.378. The summed E-state index contributed by atoms with van der Waals surface area (Å²) in [5.41, 5.74) is 1.89. The van der Waals surface area contributed by atoms with Gasteiger partial charge in [-0.15, -0.1) is 6.58 Å². The molecule has 1 unspecified atom stereocenters. The van der Waals surface area contributed by atoms with E-state index in [1.54, 1.807) is 0 Å². The maximum Gasteiger partial charge on any atom is 0.313 e. The van der Waals surface area contributed by atoms with Crippen LogP contribution in [0.5, 0.6) is 0 Å². The molecular formula is C19H26O4. The van der Waals surface area contributed by atoms with Gasteiger partial charge in [0.25, 0.3) is 0 Å². The first kappa shape index (κ1) is 17.7. The molecule has 0 saturated carbocycles. The van der Waals surface area contributed by atoms with E-state index in [1.807, 2.05) is 37.3 Å². The molecule has 1 heterocycles. The van der Waals surface area contributed by atoms with E-state index in [2.05, 4.69) is 6.58 Å². The summed E-state index contributed by atoms with van der Waals surface area (Å²) in [4.78, 5) is 12.5. The molecule has 1 saturated heterocycles. The van der Waals surface area contributed by atoms with Gasteiger partial charge in [0.2, 0.25) is 0 Å². The maximum absolute atomic E-state index is 12.5. The lowest BCUT2D eigenvalue weighted by Gasteiger charge is -2.21. The molecule has 23 heavy (non-hydrogen) atoms. The van der Waals surface area contributed by atoms with E-state index < -0.39 is 0 Å². The van der Waals surface area contributed by atoms with Gasteiger partial charge in [0, 0.05) is 5.56 Å². The molecule has 1 atom stereocenters. The quantitative estimate of drug-likeness (QED) is 0.390. The maximum atomic E-state index is 12.5. The van der Waals surface area contributed by atoms with Crippen LogP contribution in [0.2, 0.25) is 0 Å². The topological polar surface area (TPSA) is 44.8 Å². The van der Waals surface area contributed by atoms with Crippen molar-refractivity contribution in [2.75, 3.05) is 19.8 Å². The standard InChI is InChI=1S/C19H26O4/c1-3-5-6-7-11-16(18(20)21-4-2)15-10-8-9-12-17(15)19-22-13-14-23-19/h3,8-10,12,16,19H,1,4-7,11,13-14H2,2H3. The predicted octanol–water partition coefficient (Wildman–Crippen LogP) is 4.13. The normalized spacial score (nSPS) is 16.2. The number of unbranched alkanes of at least 4 members (excludes halogenated alkanes) is 2. The van der Waals surface area contributed by atoms with Crippen LogP contribution in [0, 0.1) is 0 Å². The van der Waals surface area contributed by atoms with E-state index in [1.165, 1.54) is 0 Å². The lowest BCUT2D eigenvalue weighted by atomic mass is 9.89. The predicted molar refractivity (Wildman–Crippen MR) is 89.1 cm³/mol. The van der Waals surface area contributed by atoms with Crippen LogP contribution in [0.4, 0.5) is 0 Å². The Balaban J connectivity index is 2.19. The average molecular weight is 318 g/mol. The number of ether oxygens (including phenoxy) is 3. The Hall–Kier alpha value is -1.65. The summed E-state index contributed by atoms with van der Waals surface area (Å²) in [5.74, 6) is -0.444. The van der Waals surface area contributed by atoms with Crippen LogP contribution < -0.4 is 0 Å². The zero-order valence-corrected chi connectivity index (χ0v) is 13.8. The molecule has 2 rings (SSSR count). The summed E-state index contributed by atoms with van der Waals surface area (Å²) in [7, 11) is 0. The lowest BCUT2D eigenvalue weighted by Crippen LogP contribution is -2.18. The van der Waals surface area contributed by atoms with E-state index in [9.17, 15) is 4.79 Å². The van der Waals surface area contributed by atoms with Crippen LogP contribution in [-0.2, 0) is 19.0 Å². The van der Waals surface area contributed by atoms with E-state index in [-0.39, 0.29) is 18.2 Å². The van der Waals surface area contributed by atoms with Crippen molar-refractivity contribution in [3.05, 3.63) is 48.0 Å². The smallest absolute Gasteiger partial charge is 0.313 e. The van der Waals surface area contributed by atoms with Crippen molar-refractivity contribution in [2.45, 2.75) is 44.8 Å². The Morgan fingerprint density at radius 2 is 2.09 bits per heavy atom. The van der Waals surface area contributed by atoms with Crippen molar-refractivity contribution < 1.29 is 19.0 Å². The molecule has 0 aliphatic carbocycles. The molecule has 1 aromatic rings. The Bertz CT molecular complexity index is 506. The lowest BCUT2D eigenvalue weighted by molar-refractivity contribution is -0.145. The second-order valence-corrected chi connectivity index (χ2v) is 5.58. The number of hydrogen-bond donors (Lipinski definition) is 0. The Morgan fingerprint density at radius 3 is 2.78 bits per heavy atom. The van der Waals surface area contributed by atoms with E-state index in [0.717, 1.165) is 36.8 Å². The highest BCUT2D eigenvalue weighted by molar-refractivity contribution is 5.78. The first-order valence-electron chi connectivity index (χ1n) is 8.37. The van der Waals surface area contributed by atoms with Gasteiger partial charge in [-0.3, -0.25) is 4.79 Å². The average Bonchev–Trinajstić information content (AvgIpc) is 3.09. The van der Waals surface area contributed by atoms with Gasteiger partial charge in [-0.25, -0.2) is 0 Å². The summed E-state index contributed by atoms with van der Waals surface area (Å²) < 4.78 is 16.5. The summed E-state index contributed by atoms with van der Waals surface area (Å²) in [6, 6.07) is 7.85. The molecule has 1 aliphatic heterocycles. The number of allylic oxidation sites excluding steroid dienone is 1. The van der Waals surface area contributed by atoms with Crippen LogP contribution in [0.1, 0.15) is 55.9 Å². The molecule has 0 spiro atoms. The van der Waals surface area contributed by atoms with E-state index in [0.29, 0.717) is 19.8 Å². The molecule has 1 aromatic carbocycles. The summed E-state index contributed by atoms with van der Waals surface area (Å²) >= 11 is 0. The van der Waals surface area contributed by atoms with Crippen LogP contribution in [0.15, 0.2) is 36.9 Å². The molecule has 0 N–H and O–H groups in total. The van der Waals surface area contributed by atoms with Crippen molar-refractivity contribution in [3.63, 3.8) is 0 Å². The largest absolute Gasteiger partial charge is 0.466 e. The summed E-state index contributed by atoms with van der Waals surface area (Å²) in [6.45, 7) is 7.14. The molecule has 126 valence electrons. The zero-order chi connectivity index (χ0) is 16.5. The van der Waals surface area contributed by atoms with E-state index in [4.69, 9.17) is 14.2 Å². The fraction of sp³-hybridized carbons (Fsp3) is 0.526. The van der Waals surface area contributed by atoms with Crippen molar-refractivity contribution in [3.8, 4) is 0 Å². The van der Waals surface area contributed by atoms with Gasteiger partial charge in [-0.05, 0) is 31.7 Å². The second-order valence-electron chi connectivity index (χ2n) is 5.58. The zero-order valence-electron chi connectivity index (χ0n) is 13.8. The first-order chi connectivity index (χ1) is 11.3. The highest BCUT2D eigenvalue weighted by Crippen LogP contribution is 2.33. The number of benzene rings is 1. The van der Waals surface area contributed by atoms with Gasteiger partial charge in [0.1, 0.15) is 0 Å². The minimum absolute atomic E-state index is 0.170. The highest BCUT2D eigenvalue weighted by Gasteiger charge is 2.28. The van der Waals surface area contributed by atoms with E-state index >= 15 is 0 Å². The number of hydrogen-bond acceptors (Lipinski definition) is 4. The van der Waals surface area contributed by atoms with Gasteiger partial charge in [-0.2, -0.15) is 0 Å². The number of carbonyl (C=O) groups excluding carboxylic acids is 1. The first-order valence-corrected chi connectivity index (χ1v) is 8.37. The van der Waals surface area contributed by atoms with Gasteiger partial charge in [0.15, 0.2) is 6.29 Å². The summed E-state index contributed by atoms with van der Waals surface area (Å²) in [6.07, 6.45) is 5.24. The molecule has 0 radical (unpaired) electrons. The monoisotopic (exact) mass is 318 g/mol. The number of rotatable bonds is 9. The molecular weight excluding hydrogens is 292 g/mol. The molecule has 0 amide bonds. The third kappa shape index (κ3) is 4.91. The van der Waals surface area contributed by atoms with Crippen LogP contribution in [0.25, 0.3) is 0 Å². The van der Waals surface area contributed by atoms with Crippen LogP contribution >= 0.6 is 0 Å². The Kier molecular flexibility index (Phi) is 7.30. The molecule has 0 bridgehead atoms. The fourth-order valence-electron chi connectivity index (χ4n) is 2.86. The Morgan fingerprint density at radius 1 is 1.35 bits per heavy atom. The molecule has 4 heteroatoms. The minimum Gasteiger partial charge on any atom is -0.466 e. The summed E-state index contributed by atoms with van der Waals surface area (Å²) in [5, 5.41) is 0. The van der Waals surface area contributed by atoms with Gasteiger partial charge in [0.05, 0.1) is 25.7 Å².